The Kier molecular flexibility index (Phi) is 5.92. The van der Waals surface area contributed by atoms with Gasteiger partial charge in [-0.1, -0.05) is 18.2 Å². The van der Waals surface area contributed by atoms with Crippen molar-refractivity contribution >= 4 is 28.2 Å². The molecule has 0 unspecified atom stereocenters. The monoisotopic (exact) mass is 370 g/mol. The van der Waals surface area contributed by atoms with Crippen LogP contribution in [0.25, 0.3) is 0 Å². The van der Waals surface area contributed by atoms with E-state index >= 15 is 0 Å². The first-order chi connectivity index (χ1) is 11.8. The van der Waals surface area contributed by atoms with Crippen LogP contribution in [-0.2, 0) is 10.9 Å². The van der Waals surface area contributed by atoms with Gasteiger partial charge in [0, 0.05) is 17.5 Å². The smallest absolute Gasteiger partial charge is 0.416 e. The van der Waals surface area contributed by atoms with Gasteiger partial charge in [0.05, 0.1) is 5.56 Å². The Labute approximate surface area is 145 Å². The number of esters is 1. The van der Waals surface area contributed by atoms with E-state index in [0.717, 1.165) is 18.2 Å². The molecule has 0 fully saturated rings. The highest BCUT2D eigenvalue weighted by Crippen LogP contribution is 2.29. The van der Waals surface area contributed by atoms with E-state index in [1.165, 1.54) is 22.8 Å². The van der Waals surface area contributed by atoms with Crippen LogP contribution < -0.4 is 5.32 Å². The molecule has 0 amide bonds. The largest absolute Gasteiger partial charge is 0.453 e. The van der Waals surface area contributed by atoms with Crippen LogP contribution in [0, 0.1) is 0 Å². The van der Waals surface area contributed by atoms with Gasteiger partial charge >= 0.3 is 12.1 Å². The van der Waals surface area contributed by atoms with E-state index in [1.807, 2.05) is 0 Å². The van der Waals surface area contributed by atoms with Crippen LogP contribution >= 0.6 is 11.3 Å². The fourth-order valence-corrected chi connectivity index (χ4v) is 2.46. The number of hydrogen-bond donors (Lipinski definition) is 1. The van der Waals surface area contributed by atoms with Gasteiger partial charge in [0.1, 0.15) is 0 Å². The maximum atomic E-state index is 12.6. The molecule has 25 heavy (non-hydrogen) atoms. The molecule has 5 nitrogen and oxygen atoms in total. The van der Waals surface area contributed by atoms with Crippen molar-refractivity contribution < 1.29 is 27.5 Å². The normalized spacial score (nSPS) is 11.0. The summed E-state index contributed by atoms with van der Waals surface area (Å²) in [4.78, 5) is 27.7. The van der Waals surface area contributed by atoms with Crippen LogP contribution in [-0.4, -0.2) is 29.9 Å². The number of carbonyl (C=O) groups is 2. The molecule has 0 aliphatic heterocycles. The Morgan fingerprint density at radius 3 is 2.80 bits per heavy atom. The van der Waals surface area contributed by atoms with Crippen molar-refractivity contribution in [1.82, 2.24) is 4.98 Å². The Hall–Kier alpha value is -2.68. The van der Waals surface area contributed by atoms with E-state index in [4.69, 9.17) is 4.74 Å². The van der Waals surface area contributed by atoms with Crippen molar-refractivity contribution in [2.24, 2.45) is 0 Å². The quantitative estimate of drug-likeness (QED) is 0.456. The number of alkyl halides is 3. The minimum Gasteiger partial charge on any atom is -0.453 e. The van der Waals surface area contributed by atoms with Gasteiger partial charge in [0.15, 0.2) is 23.2 Å². The van der Waals surface area contributed by atoms with Crippen molar-refractivity contribution in [2.45, 2.75) is 6.18 Å². The summed E-state index contributed by atoms with van der Waals surface area (Å²) < 4.78 is 42.7. The molecule has 1 N–H and O–H groups in total. The first kappa shape index (κ1) is 18.7. The molecule has 132 valence electrons. The fourth-order valence-electron chi connectivity index (χ4n) is 1.77. The van der Waals surface area contributed by atoms with Crippen LogP contribution in [0.3, 0.4) is 0 Å². The predicted octanol–water partition coefficient (Wildman–Crippen LogP) is 3.80. The molecule has 1 heterocycles. The van der Waals surface area contributed by atoms with Gasteiger partial charge < -0.3 is 10.1 Å². The number of thiazole rings is 1. The summed E-state index contributed by atoms with van der Waals surface area (Å²) in [5.74, 6) is -1.57. The molecular weight excluding hydrogens is 357 g/mol. The SMILES string of the molecule is C=CCNc1nc(C(=O)OCC(=O)c2cccc(C(F)(F)F)c2)cs1. The van der Waals surface area contributed by atoms with Crippen molar-refractivity contribution in [3.05, 3.63) is 59.1 Å². The van der Waals surface area contributed by atoms with Crippen LogP contribution in [0.5, 0.6) is 0 Å². The van der Waals surface area contributed by atoms with Gasteiger partial charge in [-0.15, -0.1) is 17.9 Å². The molecule has 0 bridgehead atoms. The maximum absolute atomic E-state index is 12.6. The highest BCUT2D eigenvalue weighted by atomic mass is 32.1. The molecule has 0 radical (unpaired) electrons. The van der Waals surface area contributed by atoms with E-state index in [0.29, 0.717) is 11.7 Å². The summed E-state index contributed by atoms with van der Waals surface area (Å²) in [7, 11) is 0. The first-order valence-corrected chi connectivity index (χ1v) is 7.87. The van der Waals surface area contributed by atoms with E-state index in [2.05, 4.69) is 16.9 Å². The third-order valence-corrected chi connectivity index (χ3v) is 3.76. The van der Waals surface area contributed by atoms with Gasteiger partial charge in [-0.05, 0) is 12.1 Å². The van der Waals surface area contributed by atoms with E-state index in [-0.39, 0.29) is 11.3 Å². The second-order valence-corrected chi connectivity index (χ2v) is 5.64. The molecule has 0 aliphatic rings. The summed E-state index contributed by atoms with van der Waals surface area (Å²) in [6.45, 7) is 3.33. The minimum absolute atomic E-state index is 0.00778. The first-order valence-electron chi connectivity index (χ1n) is 6.99. The number of aromatic nitrogens is 1. The van der Waals surface area contributed by atoms with Gasteiger partial charge in [0.2, 0.25) is 0 Å². The number of ether oxygens (including phenoxy) is 1. The number of nitrogens with zero attached hydrogens (tertiary/aromatic N) is 1. The number of halogens is 3. The Bertz CT molecular complexity index is 787. The zero-order chi connectivity index (χ0) is 18.4. The van der Waals surface area contributed by atoms with Crippen LogP contribution in [0.1, 0.15) is 26.4 Å². The third-order valence-electron chi connectivity index (χ3n) is 2.96. The number of rotatable bonds is 7. The van der Waals surface area contributed by atoms with Crippen LogP contribution in [0.15, 0.2) is 42.3 Å². The summed E-state index contributed by atoms with van der Waals surface area (Å²) in [6, 6.07) is 3.92. The molecular formula is C16H13F3N2O3S. The van der Waals surface area contributed by atoms with Crippen molar-refractivity contribution in [3.63, 3.8) is 0 Å². The molecule has 1 aromatic heterocycles. The lowest BCUT2D eigenvalue weighted by Gasteiger charge is -2.08. The van der Waals surface area contributed by atoms with Crippen molar-refractivity contribution in [2.75, 3.05) is 18.5 Å². The predicted molar refractivity (Wildman–Crippen MR) is 86.9 cm³/mol. The topological polar surface area (TPSA) is 68.3 Å². The van der Waals surface area contributed by atoms with Gasteiger partial charge in [-0.25, -0.2) is 9.78 Å². The molecule has 1 aromatic carbocycles. The minimum atomic E-state index is -4.55. The third kappa shape index (κ3) is 5.15. The van der Waals surface area contributed by atoms with Gasteiger partial charge in [0.25, 0.3) is 0 Å². The molecule has 2 aromatic rings. The average molecular weight is 370 g/mol. The van der Waals surface area contributed by atoms with E-state index in [1.54, 1.807) is 6.08 Å². The number of Topliss-reactive ketones (excluding diaryl/α,β-unsaturated/α-hetero) is 1. The van der Waals surface area contributed by atoms with Crippen molar-refractivity contribution in [1.29, 1.82) is 0 Å². The molecule has 0 aliphatic carbocycles. The van der Waals surface area contributed by atoms with E-state index in [9.17, 15) is 22.8 Å². The number of hydrogen-bond acceptors (Lipinski definition) is 6. The fraction of sp³-hybridized carbons (Fsp3) is 0.188. The van der Waals surface area contributed by atoms with Crippen molar-refractivity contribution in [3.8, 4) is 0 Å². The number of nitrogens with one attached hydrogen (secondary N) is 1. The second-order valence-electron chi connectivity index (χ2n) is 4.79. The molecule has 0 saturated carbocycles. The molecule has 9 heteroatoms. The number of anilines is 1. The summed E-state index contributed by atoms with van der Waals surface area (Å²) in [5, 5.41) is 4.82. The number of ketones is 1. The molecule has 2 rings (SSSR count). The number of carbonyl (C=O) groups excluding carboxylic acids is 2. The van der Waals surface area contributed by atoms with E-state index < -0.39 is 30.1 Å². The Balaban J connectivity index is 1.96. The second kappa shape index (κ2) is 7.93. The highest BCUT2D eigenvalue weighted by molar-refractivity contribution is 7.13. The lowest BCUT2D eigenvalue weighted by molar-refractivity contribution is -0.137. The zero-order valence-electron chi connectivity index (χ0n) is 12.8. The summed E-state index contributed by atoms with van der Waals surface area (Å²) in [6.07, 6.45) is -2.93. The maximum Gasteiger partial charge on any atom is 0.416 e. The lowest BCUT2D eigenvalue weighted by Crippen LogP contribution is -2.15. The number of benzene rings is 1. The summed E-state index contributed by atoms with van der Waals surface area (Å²) in [5.41, 5.74) is -1.12. The highest BCUT2D eigenvalue weighted by Gasteiger charge is 2.31. The Morgan fingerprint density at radius 2 is 2.12 bits per heavy atom. The molecule has 0 atom stereocenters. The molecule has 0 saturated heterocycles. The van der Waals surface area contributed by atoms with Crippen LogP contribution in [0.4, 0.5) is 18.3 Å². The summed E-state index contributed by atoms with van der Waals surface area (Å²) >= 11 is 1.17. The standard InChI is InChI=1S/C16H13F3N2O3S/c1-2-6-20-15-21-12(9-25-15)14(23)24-8-13(22)10-4-3-5-11(7-10)16(17,18)19/h2-5,7,9H,1,6,8H2,(H,20,21). The van der Waals surface area contributed by atoms with Gasteiger partial charge in [-0.3, -0.25) is 4.79 Å². The lowest BCUT2D eigenvalue weighted by atomic mass is 10.1. The van der Waals surface area contributed by atoms with Crippen LogP contribution in [0.2, 0.25) is 0 Å². The molecule has 0 spiro atoms. The zero-order valence-corrected chi connectivity index (χ0v) is 13.6. The average Bonchev–Trinajstić information content (AvgIpc) is 3.06. The Morgan fingerprint density at radius 1 is 1.36 bits per heavy atom. The van der Waals surface area contributed by atoms with Gasteiger partial charge in [-0.2, -0.15) is 13.2 Å².